The molecule has 1 atom stereocenters. The van der Waals surface area contributed by atoms with Crippen molar-refractivity contribution in [1.29, 1.82) is 0 Å². The first-order valence-electron chi connectivity index (χ1n) is 8.67. The summed E-state index contributed by atoms with van der Waals surface area (Å²) in [7, 11) is 0. The number of nitrogens with zero attached hydrogens (tertiary/aromatic N) is 1. The van der Waals surface area contributed by atoms with E-state index in [1.165, 1.54) is 29.6 Å². The van der Waals surface area contributed by atoms with Gasteiger partial charge in [-0.05, 0) is 36.8 Å². The van der Waals surface area contributed by atoms with Gasteiger partial charge in [-0.25, -0.2) is 4.39 Å². The second kappa shape index (κ2) is 8.73. The van der Waals surface area contributed by atoms with Crippen LogP contribution in [0.5, 0.6) is 0 Å². The Morgan fingerprint density at radius 3 is 2.92 bits per heavy atom. The molecule has 0 bridgehead atoms. The minimum atomic E-state index is -0.198. The molecule has 1 amide bonds. The maximum atomic E-state index is 13.9. The van der Waals surface area contributed by atoms with Crippen molar-refractivity contribution in [2.45, 2.75) is 37.1 Å². The van der Waals surface area contributed by atoms with Gasteiger partial charge >= 0.3 is 0 Å². The first-order chi connectivity index (χ1) is 12.0. The largest absolute Gasteiger partial charge is 0.357 e. The maximum Gasteiger partial charge on any atom is 0.230 e. The number of rotatable bonds is 3. The number of thiocarbonyl (C=S) groups is 1. The fourth-order valence-electron chi connectivity index (χ4n) is 3.18. The Hall–Kier alpha value is -0.790. The summed E-state index contributed by atoms with van der Waals surface area (Å²) in [5.41, 5.74) is 0.891. The highest BCUT2D eigenvalue weighted by Crippen LogP contribution is 2.37. The van der Waals surface area contributed by atoms with Crippen molar-refractivity contribution in [2.75, 3.05) is 24.6 Å². The van der Waals surface area contributed by atoms with Gasteiger partial charge in [-0.1, -0.05) is 43.0 Å². The SMILES string of the molecule is CC1CCN(C(=S)SCC(=O)N[C@H]2CCSc3c(F)cccc32)CC1. The van der Waals surface area contributed by atoms with Crippen molar-refractivity contribution in [1.82, 2.24) is 10.2 Å². The summed E-state index contributed by atoms with van der Waals surface area (Å²) in [6.45, 7) is 4.24. The number of nitrogens with one attached hydrogen (secondary N) is 1. The molecule has 1 aromatic carbocycles. The Morgan fingerprint density at radius 2 is 2.16 bits per heavy atom. The Bertz CT molecular complexity index is 647. The molecule has 2 aliphatic heterocycles. The molecule has 1 fully saturated rings. The van der Waals surface area contributed by atoms with Crippen LogP contribution in [0.15, 0.2) is 23.1 Å². The van der Waals surface area contributed by atoms with Crippen molar-refractivity contribution < 1.29 is 9.18 Å². The van der Waals surface area contributed by atoms with Crippen LogP contribution in [0.3, 0.4) is 0 Å². The molecule has 136 valence electrons. The number of fused-ring (bicyclic) bond motifs is 1. The summed E-state index contributed by atoms with van der Waals surface area (Å²) in [5, 5.41) is 3.05. The average molecular weight is 399 g/mol. The molecule has 2 aliphatic rings. The number of hydrogen-bond donors (Lipinski definition) is 1. The van der Waals surface area contributed by atoms with Crippen LogP contribution in [-0.4, -0.2) is 39.7 Å². The Morgan fingerprint density at radius 1 is 1.40 bits per heavy atom. The summed E-state index contributed by atoms with van der Waals surface area (Å²) in [5.74, 6) is 1.66. The molecule has 1 saturated heterocycles. The average Bonchev–Trinajstić information content (AvgIpc) is 2.61. The first kappa shape index (κ1) is 19.0. The van der Waals surface area contributed by atoms with E-state index >= 15 is 0 Å². The number of amides is 1. The smallest absolute Gasteiger partial charge is 0.230 e. The third-order valence-corrected chi connectivity index (χ3v) is 7.41. The first-order valence-corrected chi connectivity index (χ1v) is 11.0. The fraction of sp³-hybridized carbons (Fsp3) is 0.556. The van der Waals surface area contributed by atoms with Crippen molar-refractivity contribution in [2.24, 2.45) is 5.92 Å². The van der Waals surface area contributed by atoms with E-state index in [0.29, 0.717) is 10.6 Å². The lowest BCUT2D eigenvalue weighted by atomic mass is 10.00. The lowest BCUT2D eigenvalue weighted by molar-refractivity contribution is -0.119. The lowest BCUT2D eigenvalue weighted by Gasteiger charge is -2.32. The van der Waals surface area contributed by atoms with Gasteiger partial charge < -0.3 is 10.2 Å². The van der Waals surface area contributed by atoms with Crippen LogP contribution in [0.1, 0.15) is 37.8 Å². The van der Waals surface area contributed by atoms with Crippen molar-refractivity contribution in [3.63, 3.8) is 0 Å². The van der Waals surface area contributed by atoms with Gasteiger partial charge in [0.15, 0.2) is 0 Å². The van der Waals surface area contributed by atoms with Gasteiger partial charge in [0, 0.05) is 23.7 Å². The monoisotopic (exact) mass is 398 g/mol. The van der Waals surface area contributed by atoms with E-state index in [-0.39, 0.29) is 17.8 Å². The van der Waals surface area contributed by atoms with Crippen LogP contribution in [0.25, 0.3) is 0 Å². The van der Waals surface area contributed by atoms with Gasteiger partial charge in [-0.2, -0.15) is 0 Å². The topological polar surface area (TPSA) is 32.3 Å². The Balaban J connectivity index is 1.50. The summed E-state index contributed by atoms with van der Waals surface area (Å²) in [6, 6.07) is 4.98. The molecule has 0 aliphatic carbocycles. The Labute approximate surface area is 162 Å². The maximum absolute atomic E-state index is 13.9. The number of hydrogen-bond acceptors (Lipinski definition) is 4. The van der Waals surface area contributed by atoms with Crippen LogP contribution < -0.4 is 5.32 Å². The van der Waals surface area contributed by atoms with Gasteiger partial charge in [0.1, 0.15) is 10.1 Å². The molecule has 3 nitrogen and oxygen atoms in total. The van der Waals surface area contributed by atoms with E-state index in [1.807, 2.05) is 6.07 Å². The predicted molar refractivity (Wildman–Crippen MR) is 108 cm³/mol. The standard InChI is InChI=1S/C18H23FN2OS3/c1-12-5-8-21(9-6-12)18(23)25-11-16(22)20-15-7-10-24-17-13(15)3-2-4-14(17)19/h2-4,12,15H,5-11H2,1H3,(H,20,22)/t15-/m0/s1. The van der Waals surface area contributed by atoms with Gasteiger partial charge in [-0.15, -0.1) is 11.8 Å². The van der Waals surface area contributed by atoms with Gasteiger partial charge in [0.25, 0.3) is 0 Å². The van der Waals surface area contributed by atoms with Crippen LogP contribution in [0, 0.1) is 11.7 Å². The zero-order chi connectivity index (χ0) is 17.8. The van der Waals surface area contributed by atoms with Crippen LogP contribution in [0.2, 0.25) is 0 Å². The number of piperidine rings is 1. The molecule has 1 N–H and O–H groups in total. The minimum Gasteiger partial charge on any atom is -0.357 e. The van der Waals surface area contributed by atoms with Gasteiger partial charge in [0.2, 0.25) is 5.91 Å². The number of thioether (sulfide) groups is 2. The number of benzene rings is 1. The summed E-state index contributed by atoms with van der Waals surface area (Å²) < 4.78 is 14.7. The molecule has 1 aromatic rings. The van der Waals surface area contributed by atoms with Crippen molar-refractivity contribution in [3.05, 3.63) is 29.6 Å². The number of halogens is 1. The quantitative estimate of drug-likeness (QED) is 0.771. The zero-order valence-electron chi connectivity index (χ0n) is 14.3. The second-order valence-corrected chi connectivity index (χ2v) is 9.35. The highest BCUT2D eigenvalue weighted by atomic mass is 32.2. The van der Waals surface area contributed by atoms with Crippen LogP contribution in [0.4, 0.5) is 4.39 Å². The third-order valence-electron chi connectivity index (χ3n) is 4.73. The number of carbonyl (C=O) groups is 1. The summed E-state index contributed by atoms with van der Waals surface area (Å²) in [4.78, 5) is 15.2. The molecule has 0 aromatic heterocycles. The van der Waals surface area contributed by atoms with Gasteiger partial charge in [0.05, 0.1) is 11.8 Å². The van der Waals surface area contributed by atoms with Crippen molar-refractivity contribution in [3.8, 4) is 0 Å². The van der Waals surface area contributed by atoms with Crippen LogP contribution in [-0.2, 0) is 4.79 Å². The van der Waals surface area contributed by atoms with Crippen molar-refractivity contribution >= 4 is 46.0 Å². The number of carbonyl (C=O) groups excluding carboxylic acids is 1. The molecular formula is C18H23FN2OS3. The van der Waals surface area contributed by atoms with E-state index in [2.05, 4.69) is 17.1 Å². The highest BCUT2D eigenvalue weighted by Gasteiger charge is 2.25. The molecule has 0 saturated carbocycles. The molecule has 7 heteroatoms. The summed E-state index contributed by atoms with van der Waals surface area (Å²) >= 11 is 8.43. The van der Waals surface area contributed by atoms with E-state index in [9.17, 15) is 9.18 Å². The third kappa shape index (κ3) is 4.89. The zero-order valence-corrected chi connectivity index (χ0v) is 16.7. The molecule has 2 heterocycles. The lowest BCUT2D eigenvalue weighted by Crippen LogP contribution is -2.37. The second-order valence-electron chi connectivity index (χ2n) is 6.64. The molecule has 25 heavy (non-hydrogen) atoms. The molecule has 0 unspecified atom stereocenters. The molecular weight excluding hydrogens is 375 g/mol. The van der Waals surface area contributed by atoms with E-state index in [4.69, 9.17) is 12.2 Å². The molecule has 3 rings (SSSR count). The molecule has 0 radical (unpaired) electrons. The fourth-order valence-corrected chi connectivity index (χ4v) is 5.39. The molecule has 0 spiro atoms. The van der Waals surface area contributed by atoms with E-state index in [0.717, 1.165) is 53.9 Å². The van der Waals surface area contributed by atoms with Gasteiger partial charge in [-0.3, -0.25) is 4.79 Å². The van der Waals surface area contributed by atoms with E-state index < -0.39 is 0 Å². The van der Waals surface area contributed by atoms with E-state index in [1.54, 1.807) is 6.07 Å². The Kier molecular flexibility index (Phi) is 6.63. The normalized spacial score (nSPS) is 20.9. The number of likely N-dealkylation sites (tertiary alicyclic amines) is 1. The predicted octanol–water partition coefficient (Wildman–Crippen LogP) is 4.23. The summed E-state index contributed by atoms with van der Waals surface area (Å²) in [6.07, 6.45) is 3.15. The highest BCUT2D eigenvalue weighted by molar-refractivity contribution is 8.23. The minimum absolute atomic E-state index is 0.0372. The van der Waals surface area contributed by atoms with Crippen LogP contribution >= 0.6 is 35.7 Å².